The first-order chi connectivity index (χ1) is 11.0. The average molecular weight is 321 g/mol. The van der Waals surface area contributed by atoms with Crippen LogP contribution in [0.5, 0.6) is 11.5 Å². The molecule has 0 bridgehead atoms. The highest BCUT2D eigenvalue weighted by molar-refractivity contribution is 5.97. The molecule has 0 radical (unpaired) electrons. The fraction of sp³-hybridized carbons (Fsp3) is 0.529. The van der Waals surface area contributed by atoms with Crippen molar-refractivity contribution in [1.29, 1.82) is 0 Å². The lowest BCUT2D eigenvalue weighted by Gasteiger charge is -2.27. The van der Waals surface area contributed by atoms with E-state index < -0.39 is 23.8 Å². The molecule has 0 aliphatic heterocycles. The summed E-state index contributed by atoms with van der Waals surface area (Å²) in [7, 11) is 1.48. The van der Waals surface area contributed by atoms with Gasteiger partial charge in [-0.05, 0) is 31.0 Å². The number of carbonyl (C=O) groups is 2. The van der Waals surface area contributed by atoms with Crippen molar-refractivity contribution in [2.24, 2.45) is 5.92 Å². The number of nitrogens with one attached hydrogen (secondary N) is 1. The van der Waals surface area contributed by atoms with E-state index in [1.807, 2.05) is 0 Å². The van der Waals surface area contributed by atoms with Gasteiger partial charge in [-0.15, -0.1) is 0 Å². The van der Waals surface area contributed by atoms with E-state index >= 15 is 0 Å². The van der Waals surface area contributed by atoms with E-state index in [0.717, 1.165) is 25.7 Å². The number of rotatable bonds is 4. The molecule has 6 heteroatoms. The number of hydrogen-bond acceptors (Lipinski definition) is 4. The molecule has 1 aliphatic rings. The van der Waals surface area contributed by atoms with Crippen molar-refractivity contribution in [1.82, 2.24) is 5.32 Å². The van der Waals surface area contributed by atoms with E-state index in [1.165, 1.54) is 19.2 Å². The summed E-state index contributed by atoms with van der Waals surface area (Å²) >= 11 is 0. The van der Waals surface area contributed by atoms with Crippen molar-refractivity contribution in [3.63, 3.8) is 0 Å². The summed E-state index contributed by atoms with van der Waals surface area (Å²) in [6, 6.07) is 3.97. The van der Waals surface area contributed by atoms with Gasteiger partial charge in [-0.2, -0.15) is 0 Å². The highest BCUT2D eigenvalue weighted by atomic mass is 16.5. The van der Waals surface area contributed by atoms with Crippen LogP contribution in [0.25, 0.3) is 0 Å². The number of aromatic hydroxyl groups is 1. The van der Waals surface area contributed by atoms with Gasteiger partial charge in [-0.3, -0.25) is 9.59 Å². The zero-order valence-corrected chi connectivity index (χ0v) is 13.2. The van der Waals surface area contributed by atoms with Gasteiger partial charge < -0.3 is 20.3 Å². The third kappa shape index (κ3) is 4.37. The Hall–Kier alpha value is -2.24. The van der Waals surface area contributed by atoms with E-state index in [2.05, 4.69) is 5.32 Å². The third-order valence-electron chi connectivity index (χ3n) is 4.35. The minimum atomic E-state index is -0.882. The van der Waals surface area contributed by atoms with Crippen LogP contribution >= 0.6 is 0 Å². The Morgan fingerprint density at radius 2 is 1.87 bits per heavy atom. The SMILES string of the molecule is COc1ccc(O)c(C(=O)NC2CCCCCCC2C(=O)O)c1. The zero-order chi connectivity index (χ0) is 16.8. The summed E-state index contributed by atoms with van der Waals surface area (Å²) in [6.45, 7) is 0. The molecule has 0 spiro atoms. The van der Waals surface area contributed by atoms with E-state index in [1.54, 1.807) is 6.07 Å². The zero-order valence-electron chi connectivity index (χ0n) is 13.2. The maximum atomic E-state index is 12.4. The van der Waals surface area contributed by atoms with Gasteiger partial charge in [0, 0.05) is 6.04 Å². The van der Waals surface area contributed by atoms with E-state index in [-0.39, 0.29) is 11.3 Å². The Morgan fingerprint density at radius 3 is 2.52 bits per heavy atom. The van der Waals surface area contributed by atoms with Crippen molar-refractivity contribution < 1.29 is 24.5 Å². The first kappa shape index (κ1) is 17.1. The first-order valence-electron chi connectivity index (χ1n) is 7.93. The second kappa shape index (κ2) is 7.85. The molecule has 6 nitrogen and oxygen atoms in total. The van der Waals surface area contributed by atoms with Crippen LogP contribution in [0.3, 0.4) is 0 Å². The maximum Gasteiger partial charge on any atom is 0.308 e. The molecular weight excluding hydrogens is 298 g/mol. The van der Waals surface area contributed by atoms with Crippen LogP contribution < -0.4 is 10.1 Å². The minimum Gasteiger partial charge on any atom is -0.507 e. The summed E-state index contributed by atoms with van der Waals surface area (Å²) in [5.41, 5.74) is 0.0931. The number of hydrogen-bond donors (Lipinski definition) is 3. The van der Waals surface area contributed by atoms with Gasteiger partial charge in [-0.1, -0.05) is 25.7 Å². The fourth-order valence-electron chi connectivity index (χ4n) is 3.02. The number of ether oxygens (including phenoxy) is 1. The van der Waals surface area contributed by atoms with E-state index in [0.29, 0.717) is 18.6 Å². The van der Waals surface area contributed by atoms with Gasteiger partial charge in [0.15, 0.2) is 0 Å². The monoisotopic (exact) mass is 321 g/mol. The van der Waals surface area contributed by atoms with Crippen molar-refractivity contribution in [2.75, 3.05) is 7.11 Å². The lowest BCUT2D eigenvalue weighted by atomic mass is 9.86. The van der Waals surface area contributed by atoms with Crippen LogP contribution in [0.1, 0.15) is 48.9 Å². The van der Waals surface area contributed by atoms with Crippen LogP contribution in [0, 0.1) is 5.92 Å². The largest absolute Gasteiger partial charge is 0.507 e. The van der Waals surface area contributed by atoms with Gasteiger partial charge in [0.2, 0.25) is 0 Å². The van der Waals surface area contributed by atoms with Crippen LogP contribution in [0.4, 0.5) is 0 Å². The van der Waals surface area contributed by atoms with Gasteiger partial charge in [0.1, 0.15) is 11.5 Å². The van der Waals surface area contributed by atoms with Crippen LogP contribution in [0.2, 0.25) is 0 Å². The Balaban J connectivity index is 2.17. The highest BCUT2D eigenvalue weighted by Gasteiger charge is 2.30. The van der Waals surface area contributed by atoms with Crippen LogP contribution in [-0.4, -0.2) is 35.2 Å². The molecule has 3 N–H and O–H groups in total. The predicted octanol–water partition coefficient (Wildman–Crippen LogP) is 2.55. The number of methoxy groups -OCH3 is 1. The lowest BCUT2D eigenvalue weighted by molar-refractivity contribution is -0.143. The molecule has 0 heterocycles. The normalized spacial score (nSPS) is 21.8. The smallest absolute Gasteiger partial charge is 0.308 e. The number of amides is 1. The summed E-state index contributed by atoms with van der Waals surface area (Å²) in [4.78, 5) is 23.9. The quantitative estimate of drug-likeness (QED) is 0.792. The standard InChI is InChI=1S/C17H23NO5/c1-23-11-8-9-15(19)13(10-11)16(20)18-14-7-5-3-2-4-6-12(14)17(21)22/h8-10,12,14,19H,2-7H2,1H3,(H,18,20)(H,21,22). The maximum absolute atomic E-state index is 12.4. The Kier molecular flexibility index (Phi) is 5.84. The van der Waals surface area contributed by atoms with Crippen LogP contribution in [-0.2, 0) is 4.79 Å². The minimum absolute atomic E-state index is 0.0931. The topological polar surface area (TPSA) is 95.9 Å². The molecule has 2 atom stereocenters. The van der Waals surface area contributed by atoms with Crippen molar-refractivity contribution in [2.45, 2.75) is 44.6 Å². The predicted molar refractivity (Wildman–Crippen MR) is 84.7 cm³/mol. The number of aliphatic carboxylic acids is 1. The summed E-state index contributed by atoms with van der Waals surface area (Å²) in [6.07, 6.45) is 5.01. The van der Waals surface area contributed by atoms with E-state index in [9.17, 15) is 19.8 Å². The number of carboxylic acids is 1. The van der Waals surface area contributed by atoms with Crippen molar-refractivity contribution >= 4 is 11.9 Å². The van der Waals surface area contributed by atoms with Gasteiger partial charge in [0.25, 0.3) is 5.91 Å². The molecule has 1 aromatic rings. The Bertz CT molecular complexity index is 572. The molecule has 1 amide bonds. The molecule has 126 valence electrons. The molecule has 1 saturated carbocycles. The molecule has 2 unspecified atom stereocenters. The fourth-order valence-corrected chi connectivity index (χ4v) is 3.02. The number of benzene rings is 1. The second-order valence-corrected chi connectivity index (χ2v) is 5.90. The van der Waals surface area contributed by atoms with E-state index in [4.69, 9.17) is 4.74 Å². The number of phenolic OH excluding ortho intramolecular Hbond substituents is 1. The lowest BCUT2D eigenvalue weighted by Crippen LogP contribution is -2.43. The molecule has 1 aromatic carbocycles. The number of carbonyl (C=O) groups excluding carboxylic acids is 1. The Labute approximate surface area is 135 Å². The van der Waals surface area contributed by atoms with Gasteiger partial charge in [0.05, 0.1) is 18.6 Å². The molecule has 0 aromatic heterocycles. The van der Waals surface area contributed by atoms with Crippen molar-refractivity contribution in [3.05, 3.63) is 23.8 Å². The second-order valence-electron chi connectivity index (χ2n) is 5.90. The molecule has 1 aliphatic carbocycles. The molecule has 0 saturated heterocycles. The van der Waals surface area contributed by atoms with Crippen LogP contribution in [0.15, 0.2) is 18.2 Å². The molecule has 2 rings (SSSR count). The highest BCUT2D eigenvalue weighted by Crippen LogP contribution is 2.26. The summed E-state index contributed by atoms with van der Waals surface area (Å²) < 4.78 is 5.06. The van der Waals surface area contributed by atoms with Gasteiger partial charge in [-0.25, -0.2) is 0 Å². The molecule has 1 fully saturated rings. The Morgan fingerprint density at radius 1 is 1.17 bits per heavy atom. The van der Waals surface area contributed by atoms with Gasteiger partial charge >= 0.3 is 5.97 Å². The average Bonchev–Trinajstić information content (AvgIpc) is 2.50. The summed E-state index contributed by atoms with van der Waals surface area (Å²) in [5, 5.41) is 22.1. The third-order valence-corrected chi connectivity index (χ3v) is 4.35. The molecule has 23 heavy (non-hydrogen) atoms. The first-order valence-corrected chi connectivity index (χ1v) is 7.93. The van der Waals surface area contributed by atoms with Crippen molar-refractivity contribution in [3.8, 4) is 11.5 Å². The molecular formula is C17H23NO5. The summed E-state index contributed by atoms with van der Waals surface area (Å²) in [5.74, 6) is -1.64. The number of carboxylic acid groups (broad SMARTS) is 1. The number of phenols is 1.